The van der Waals surface area contributed by atoms with Gasteiger partial charge in [0.05, 0.1) is 6.10 Å². The Morgan fingerprint density at radius 3 is 2.38 bits per heavy atom. The molecular formula is C20H29NO3. The van der Waals surface area contributed by atoms with Crippen LogP contribution >= 0.6 is 0 Å². The van der Waals surface area contributed by atoms with Gasteiger partial charge in [-0.1, -0.05) is 32.1 Å². The van der Waals surface area contributed by atoms with Crippen molar-refractivity contribution in [2.24, 2.45) is 0 Å². The molecule has 1 saturated carbocycles. The summed E-state index contributed by atoms with van der Waals surface area (Å²) in [5.74, 6) is 0.833. The second kappa shape index (κ2) is 9.07. The van der Waals surface area contributed by atoms with Gasteiger partial charge in [-0.15, -0.1) is 0 Å². The first-order chi connectivity index (χ1) is 11.8. The Balaban J connectivity index is 1.47. The van der Waals surface area contributed by atoms with E-state index in [-0.39, 0.29) is 12.0 Å². The molecule has 0 radical (unpaired) electrons. The standard InChI is InChI=1S/C20H29NO3/c22-20(21-17-7-4-2-1-3-5-8-17)16-10-12-18(13-11-16)24-15-19-9-6-14-23-19/h10-13,17,19H,1-9,14-15H2,(H,21,22). The summed E-state index contributed by atoms with van der Waals surface area (Å²) in [6.07, 6.45) is 11.0. The maximum absolute atomic E-state index is 12.4. The van der Waals surface area contributed by atoms with Crippen LogP contribution in [0.2, 0.25) is 0 Å². The highest BCUT2D eigenvalue weighted by Crippen LogP contribution is 2.19. The molecule has 1 aromatic rings. The van der Waals surface area contributed by atoms with E-state index in [0.29, 0.717) is 18.2 Å². The molecule has 0 bridgehead atoms. The molecule has 132 valence electrons. The lowest BCUT2D eigenvalue weighted by molar-refractivity contribution is 0.0679. The Morgan fingerprint density at radius 2 is 1.71 bits per heavy atom. The minimum atomic E-state index is 0.0336. The molecule has 1 N–H and O–H groups in total. The summed E-state index contributed by atoms with van der Waals surface area (Å²) >= 11 is 0. The lowest BCUT2D eigenvalue weighted by atomic mass is 9.96. The Labute approximate surface area is 144 Å². The predicted octanol–water partition coefficient (Wildman–Crippen LogP) is 4.09. The molecule has 1 aliphatic heterocycles. The number of rotatable bonds is 5. The SMILES string of the molecule is O=C(NC1CCCCCCC1)c1ccc(OCC2CCCO2)cc1. The number of ether oxygens (including phenoxy) is 2. The molecule has 3 rings (SSSR count). The van der Waals surface area contributed by atoms with Crippen LogP contribution in [-0.2, 0) is 4.74 Å². The van der Waals surface area contributed by atoms with Crippen LogP contribution in [0.15, 0.2) is 24.3 Å². The minimum absolute atomic E-state index is 0.0336. The van der Waals surface area contributed by atoms with Crippen LogP contribution in [0.25, 0.3) is 0 Å². The Bertz CT molecular complexity index is 500. The monoisotopic (exact) mass is 331 g/mol. The summed E-state index contributed by atoms with van der Waals surface area (Å²) in [6.45, 7) is 1.43. The normalized spacial score (nSPS) is 22.6. The quantitative estimate of drug-likeness (QED) is 0.884. The Kier molecular flexibility index (Phi) is 6.53. The lowest BCUT2D eigenvalue weighted by Gasteiger charge is -2.21. The molecule has 1 aliphatic carbocycles. The van der Waals surface area contributed by atoms with Crippen molar-refractivity contribution in [1.82, 2.24) is 5.32 Å². The van der Waals surface area contributed by atoms with Gasteiger partial charge in [0.15, 0.2) is 0 Å². The van der Waals surface area contributed by atoms with Crippen molar-refractivity contribution in [3.8, 4) is 5.75 Å². The molecule has 1 saturated heterocycles. The van der Waals surface area contributed by atoms with Crippen LogP contribution in [0, 0.1) is 0 Å². The van der Waals surface area contributed by atoms with Crippen molar-refractivity contribution >= 4 is 5.91 Å². The summed E-state index contributed by atoms with van der Waals surface area (Å²) in [5, 5.41) is 3.20. The predicted molar refractivity (Wildman–Crippen MR) is 94.5 cm³/mol. The van der Waals surface area contributed by atoms with E-state index >= 15 is 0 Å². The molecule has 0 aromatic heterocycles. The van der Waals surface area contributed by atoms with Gasteiger partial charge < -0.3 is 14.8 Å². The number of hydrogen-bond acceptors (Lipinski definition) is 3. The maximum Gasteiger partial charge on any atom is 0.251 e. The fourth-order valence-corrected chi connectivity index (χ4v) is 3.54. The van der Waals surface area contributed by atoms with Crippen LogP contribution in [-0.4, -0.2) is 31.3 Å². The molecule has 0 spiro atoms. The number of carbonyl (C=O) groups excluding carboxylic acids is 1. The zero-order chi connectivity index (χ0) is 16.6. The van der Waals surface area contributed by atoms with Crippen LogP contribution in [0.4, 0.5) is 0 Å². The molecule has 2 aliphatic rings. The van der Waals surface area contributed by atoms with Gasteiger partial charge in [-0.05, 0) is 49.9 Å². The molecule has 1 heterocycles. The van der Waals surface area contributed by atoms with E-state index in [1.807, 2.05) is 24.3 Å². The molecule has 1 atom stereocenters. The molecule has 4 heteroatoms. The van der Waals surface area contributed by atoms with Crippen LogP contribution in [0.3, 0.4) is 0 Å². The van der Waals surface area contributed by atoms with Gasteiger partial charge in [-0.3, -0.25) is 4.79 Å². The Morgan fingerprint density at radius 1 is 1.00 bits per heavy atom. The first-order valence-corrected chi connectivity index (χ1v) is 9.46. The van der Waals surface area contributed by atoms with Crippen LogP contribution < -0.4 is 10.1 Å². The number of carbonyl (C=O) groups is 1. The van der Waals surface area contributed by atoms with Gasteiger partial charge >= 0.3 is 0 Å². The zero-order valence-electron chi connectivity index (χ0n) is 14.5. The van der Waals surface area contributed by atoms with E-state index in [1.54, 1.807) is 0 Å². The van der Waals surface area contributed by atoms with E-state index in [4.69, 9.17) is 9.47 Å². The van der Waals surface area contributed by atoms with Crippen molar-refractivity contribution in [3.05, 3.63) is 29.8 Å². The first-order valence-electron chi connectivity index (χ1n) is 9.46. The second-order valence-electron chi connectivity index (χ2n) is 6.99. The highest BCUT2D eigenvalue weighted by Gasteiger charge is 2.17. The molecule has 1 aromatic carbocycles. The summed E-state index contributed by atoms with van der Waals surface area (Å²) in [7, 11) is 0. The van der Waals surface area contributed by atoms with Gasteiger partial charge in [-0.25, -0.2) is 0 Å². The third-order valence-electron chi connectivity index (χ3n) is 5.02. The highest BCUT2D eigenvalue weighted by atomic mass is 16.5. The molecule has 2 fully saturated rings. The third kappa shape index (κ3) is 5.23. The maximum atomic E-state index is 12.4. The van der Waals surface area contributed by atoms with E-state index in [0.717, 1.165) is 38.0 Å². The summed E-state index contributed by atoms with van der Waals surface area (Å²) < 4.78 is 11.3. The molecule has 24 heavy (non-hydrogen) atoms. The Hall–Kier alpha value is -1.55. The van der Waals surface area contributed by atoms with Gasteiger partial charge in [0, 0.05) is 18.2 Å². The summed E-state index contributed by atoms with van der Waals surface area (Å²) in [5.41, 5.74) is 0.710. The van der Waals surface area contributed by atoms with Gasteiger partial charge in [0.25, 0.3) is 5.91 Å². The van der Waals surface area contributed by atoms with E-state index < -0.39 is 0 Å². The third-order valence-corrected chi connectivity index (χ3v) is 5.02. The number of benzene rings is 1. The summed E-state index contributed by atoms with van der Waals surface area (Å²) in [6, 6.07) is 7.78. The van der Waals surface area contributed by atoms with E-state index in [2.05, 4.69) is 5.32 Å². The van der Waals surface area contributed by atoms with E-state index in [1.165, 1.54) is 32.1 Å². The zero-order valence-corrected chi connectivity index (χ0v) is 14.5. The van der Waals surface area contributed by atoms with Crippen molar-refractivity contribution in [1.29, 1.82) is 0 Å². The van der Waals surface area contributed by atoms with Gasteiger partial charge in [-0.2, -0.15) is 0 Å². The number of hydrogen-bond donors (Lipinski definition) is 1. The fraction of sp³-hybridized carbons (Fsp3) is 0.650. The second-order valence-corrected chi connectivity index (χ2v) is 6.99. The number of amides is 1. The average molecular weight is 331 g/mol. The highest BCUT2D eigenvalue weighted by molar-refractivity contribution is 5.94. The molecule has 4 nitrogen and oxygen atoms in total. The fourth-order valence-electron chi connectivity index (χ4n) is 3.54. The average Bonchev–Trinajstić information content (AvgIpc) is 3.09. The first kappa shape index (κ1) is 17.3. The molecule has 1 amide bonds. The number of nitrogens with one attached hydrogen (secondary N) is 1. The smallest absolute Gasteiger partial charge is 0.251 e. The van der Waals surface area contributed by atoms with Crippen LogP contribution in [0.1, 0.15) is 68.1 Å². The molecule has 1 unspecified atom stereocenters. The lowest BCUT2D eigenvalue weighted by Crippen LogP contribution is -2.35. The topological polar surface area (TPSA) is 47.6 Å². The van der Waals surface area contributed by atoms with Gasteiger partial charge in [0.1, 0.15) is 12.4 Å². The molecular weight excluding hydrogens is 302 g/mol. The summed E-state index contributed by atoms with van der Waals surface area (Å²) in [4.78, 5) is 12.4. The van der Waals surface area contributed by atoms with Crippen molar-refractivity contribution < 1.29 is 14.3 Å². The van der Waals surface area contributed by atoms with Gasteiger partial charge in [0.2, 0.25) is 0 Å². The largest absolute Gasteiger partial charge is 0.491 e. The minimum Gasteiger partial charge on any atom is -0.491 e. The van der Waals surface area contributed by atoms with Crippen molar-refractivity contribution in [2.45, 2.75) is 69.9 Å². The van der Waals surface area contributed by atoms with Crippen molar-refractivity contribution in [2.75, 3.05) is 13.2 Å². The van der Waals surface area contributed by atoms with Crippen LogP contribution in [0.5, 0.6) is 5.75 Å². The van der Waals surface area contributed by atoms with Crippen molar-refractivity contribution in [3.63, 3.8) is 0 Å². The van der Waals surface area contributed by atoms with E-state index in [9.17, 15) is 4.79 Å².